The predicted octanol–water partition coefficient (Wildman–Crippen LogP) is -5.41. The maximum absolute atomic E-state index is 13.4. The van der Waals surface area contributed by atoms with Crippen molar-refractivity contribution in [2.24, 2.45) is 0 Å². The minimum atomic E-state index is -1.18. The first-order valence-electron chi connectivity index (χ1n) is 11.4. The monoisotopic (exact) mass is 516 g/mol. The van der Waals surface area contributed by atoms with Crippen molar-refractivity contribution in [1.82, 2.24) is 14.3 Å². The van der Waals surface area contributed by atoms with Crippen LogP contribution >= 0.6 is 0 Å². The van der Waals surface area contributed by atoms with Gasteiger partial charge in [0.05, 0.1) is 11.0 Å². The smallest absolute Gasteiger partial charge is 0.550 e. The standard InChI is InChI=1S/C26H24N4O5.2Na/c31-22(32)10-13-29(14-11-23(33)34)15-12-27-19-9-8-17-24-16(19)4-3-5-18(24)26(35)30-21-7-2-1-6-20(21)28-25(17)30;;/h1-9,27H,10-15H2,(H,31,32)(H,33,34);;/q;2*+1/p-2. The Morgan fingerprint density at radius 3 is 2.22 bits per heavy atom. The van der Waals surface area contributed by atoms with Gasteiger partial charge < -0.3 is 30.0 Å². The number of aliphatic carboxylic acids is 2. The fourth-order valence-corrected chi connectivity index (χ4v) is 4.64. The molecule has 0 saturated carbocycles. The third-order valence-corrected chi connectivity index (χ3v) is 6.28. The number of fused-ring (bicyclic) bond motifs is 4. The van der Waals surface area contributed by atoms with Gasteiger partial charge >= 0.3 is 59.1 Å². The Kier molecular flexibility index (Phi) is 9.93. The van der Waals surface area contributed by atoms with Gasteiger partial charge in [-0.1, -0.05) is 24.3 Å². The molecule has 1 N–H and O–H groups in total. The predicted molar refractivity (Wildman–Crippen MR) is 129 cm³/mol. The molecule has 9 nitrogen and oxygen atoms in total. The van der Waals surface area contributed by atoms with E-state index in [9.17, 15) is 24.6 Å². The molecule has 5 aromatic rings. The maximum atomic E-state index is 13.4. The van der Waals surface area contributed by atoms with Gasteiger partial charge in [-0.25, -0.2) is 4.98 Å². The van der Waals surface area contributed by atoms with Gasteiger partial charge in [-0.15, -0.1) is 0 Å². The molecule has 0 fully saturated rings. The van der Waals surface area contributed by atoms with E-state index in [1.54, 1.807) is 9.30 Å². The molecule has 0 bridgehead atoms. The van der Waals surface area contributed by atoms with E-state index in [2.05, 4.69) is 5.32 Å². The van der Waals surface area contributed by atoms with Crippen molar-refractivity contribution in [1.29, 1.82) is 0 Å². The summed E-state index contributed by atoms with van der Waals surface area (Å²) in [6.45, 7) is 1.25. The van der Waals surface area contributed by atoms with Gasteiger partial charge in [-0.3, -0.25) is 9.20 Å². The number of anilines is 1. The minimum absolute atomic E-state index is 0. The van der Waals surface area contributed by atoms with E-state index in [4.69, 9.17) is 4.98 Å². The Bertz CT molecular complexity index is 1620. The van der Waals surface area contributed by atoms with Crippen LogP contribution in [0, 0.1) is 0 Å². The zero-order valence-electron chi connectivity index (χ0n) is 20.8. The van der Waals surface area contributed by atoms with Crippen LogP contribution in [0.3, 0.4) is 0 Å². The van der Waals surface area contributed by atoms with Crippen LogP contribution in [0.1, 0.15) is 12.8 Å². The Hall–Kier alpha value is -2.24. The van der Waals surface area contributed by atoms with E-state index in [1.807, 2.05) is 54.6 Å². The molecular formula is C26H22N4Na2O5. The van der Waals surface area contributed by atoms with E-state index in [1.165, 1.54) is 0 Å². The Labute approximate surface area is 256 Å². The topological polar surface area (TPSA) is 130 Å². The second-order valence-electron chi connectivity index (χ2n) is 8.47. The molecule has 0 radical (unpaired) electrons. The first-order valence-corrected chi connectivity index (χ1v) is 11.4. The van der Waals surface area contributed by atoms with E-state index < -0.39 is 11.9 Å². The minimum Gasteiger partial charge on any atom is -0.550 e. The number of carboxylic acids is 2. The molecule has 0 saturated heterocycles. The SMILES string of the molecule is O=C([O-])CCN(CCNc1ccc2c3c1cccc3c(=O)n1c3ccccc3nc21)CCC(=O)[O-].[Na+].[Na+]. The summed E-state index contributed by atoms with van der Waals surface area (Å²) in [6, 6.07) is 17.0. The van der Waals surface area contributed by atoms with E-state index >= 15 is 0 Å². The second-order valence-corrected chi connectivity index (χ2v) is 8.47. The molecule has 0 spiro atoms. The summed E-state index contributed by atoms with van der Waals surface area (Å²) < 4.78 is 1.66. The summed E-state index contributed by atoms with van der Waals surface area (Å²) >= 11 is 0. The summed E-state index contributed by atoms with van der Waals surface area (Å²) in [4.78, 5) is 41.6. The molecule has 178 valence electrons. The van der Waals surface area contributed by atoms with Crippen LogP contribution in [0.25, 0.3) is 38.2 Å². The second kappa shape index (κ2) is 12.5. The van der Waals surface area contributed by atoms with Gasteiger partial charge in [0, 0.05) is 65.3 Å². The average molecular weight is 516 g/mol. The number of hydrogen-bond acceptors (Lipinski definition) is 8. The van der Waals surface area contributed by atoms with Crippen LogP contribution in [0.2, 0.25) is 0 Å². The van der Waals surface area contributed by atoms with Gasteiger partial charge in [0.15, 0.2) is 0 Å². The van der Waals surface area contributed by atoms with Crippen LogP contribution in [0.5, 0.6) is 0 Å². The van der Waals surface area contributed by atoms with Crippen LogP contribution in [0.4, 0.5) is 5.69 Å². The Morgan fingerprint density at radius 1 is 0.838 bits per heavy atom. The summed E-state index contributed by atoms with van der Waals surface area (Å²) in [6.07, 6.45) is -0.367. The zero-order valence-corrected chi connectivity index (χ0v) is 24.8. The van der Waals surface area contributed by atoms with Gasteiger partial charge in [0.25, 0.3) is 5.56 Å². The first-order chi connectivity index (χ1) is 16.9. The van der Waals surface area contributed by atoms with E-state index in [0.717, 1.165) is 32.9 Å². The van der Waals surface area contributed by atoms with Crippen molar-refractivity contribution < 1.29 is 78.9 Å². The fraction of sp³-hybridized carbons (Fsp3) is 0.231. The molecule has 2 heterocycles. The zero-order chi connectivity index (χ0) is 24.5. The molecule has 0 amide bonds. The Morgan fingerprint density at radius 2 is 1.51 bits per heavy atom. The largest absolute Gasteiger partial charge is 1.00 e. The normalized spacial score (nSPS) is 11.2. The fourth-order valence-electron chi connectivity index (χ4n) is 4.64. The summed E-state index contributed by atoms with van der Waals surface area (Å²) in [5, 5.41) is 28.2. The molecule has 11 heteroatoms. The average Bonchev–Trinajstić information content (AvgIpc) is 3.24. The molecule has 0 aliphatic rings. The third-order valence-electron chi connectivity index (χ3n) is 6.28. The summed E-state index contributed by atoms with van der Waals surface area (Å²) in [5.74, 6) is -2.37. The number of nitrogens with one attached hydrogen (secondary N) is 1. The summed E-state index contributed by atoms with van der Waals surface area (Å²) in [7, 11) is 0. The molecule has 3 aromatic carbocycles. The number of carboxylic acid groups (broad SMARTS) is 2. The molecule has 0 aliphatic heterocycles. The van der Waals surface area contributed by atoms with Crippen molar-refractivity contribution in [3.63, 3.8) is 0 Å². The van der Waals surface area contributed by atoms with Crippen LogP contribution in [0.15, 0.2) is 59.4 Å². The number of benzene rings is 3. The van der Waals surface area contributed by atoms with Gasteiger partial charge in [0.1, 0.15) is 5.65 Å². The van der Waals surface area contributed by atoms with Crippen molar-refractivity contribution >= 4 is 55.9 Å². The van der Waals surface area contributed by atoms with Crippen molar-refractivity contribution in [2.75, 3.05) is 31.5 Å². The molecule has 5 rings (SSSR count). The van der Waals surface area contributed by atoms with Crippen molar-refractivity contribution in [2.45, 2.75) is 12.8 Å². The number of carbonyl (C=O) groups excluding carboxylic acids is 2. The molecule has 0 aliphatic carbocycles. The van der Waals surface area contributed by atoms with Gasteiger partial charge in [-0.2, -0.15) is 0 Å². The molecule has 0 unspecified atom stereocenters. The maximum Gasteiger partial charge on any atom is 1.00 e. The third kappa shape index (κ3) is 5.93. The number of rotatable bonds is 10. The van der Waals surface area contributed by atoms with Crippen molar-refractivity contribution in [3.8, 4) is 0 Å². The van der Waals surface area contributed by atoms with Crippen LogP contribution in [-0.4, -0.2) is 52.4 Å². The van der Waals surface area contributed by atoms with Crippen LogP contribution < -0.4 is 80.2 Å². The van der Waals surface area contributed by atoms with E-state index in [-0.39, 0.29) is 90.6 Å². The molecular weight excluding hydrogens is 494 g/mol. The number of pyridine rings is 1. The number of imidazole rings is 1. The quantitative estimate of drug-likeness (QED) is 0.182. The number of carbonyl (C=O) groups is 2. The number of para-hydroxylation sites is 2. The van der Waals surface area contributed by atoms with E-state index in [0.29, 0.717) is 24.1 Å². The van der Waals surface area contributed by atoms with Gasteiger partial charge in [-0.05, 0) is 43.2 Å². The number of nitrogens with zero attached hydrogens (tertiary/aromatic N) is 3. The Balaban J connectivity index is 0.00000190. The first kappa shape index (κ1) is 29.3. The van der Waals surface area contributed by atoms with Gasteiger partial charge in [0.2, 0.25) is 0 Å². The summed E-state index contributed by atoms with van der Waals surface area (Å²) in [5.41, 5.74) is 2.84. The molecule has 0 atom stereocenters. The van der Waals surface area contributed by atoms with Crippen molar-refractivity contribution in [3.05, 3.63) is 65.0 Å². The molecule has 37 heavy (non-hydrogen) atoms. The molecule has 2 aromatic heterocycles. The van der Waals surface area contributed by atoms with Crippen LogP contribution in [-0.2, 0) is 9.59 Å². The number of hydrogen-bond donors (Lipinski definition) is 1. The number of aromatic nitrogens is 2.